The minimum Gasteiger partial charge on any atom is -0.368 e. The van der Waals surface area contributed by atoms with Gasteiger partial charge in [-0.2, -0.15) is 15.0 Å². The number of nitrogens with one attached hydrogen (secondary N) is 1. The maximum absolute atomic E-state index is 14.1. The number of hydrogen-bond donors (Lipinski definition) is 2. The zero-order valence-electron chi connectivity index (χ0n) is 15.0. The first-order valence-electron chi connectivity index (χ1n) is 8.40. The molecular weight excluding hydrogens is 367 g/mol. The van der Waals surface area contributed by atoms with Crippen molar-refractivity contribution in [2.45, 2.75) is 19.5 Å². The van der Waals surface area contributed by atoms with Gasteiger partial charge in [0.05, 0.1) is 6.04 Å². The number of aromatic nitrogens is 3. The Morgan fingerprint density at radius 3 is 2.56 bits per heavy atom. The van der Waals surface area contributed by atoms with Gasteiger partial charge < -0.3 is 11.1 Å². The highest BCUT2D eigenvalue weighted by Gasteiger charge is 2.19. The van der Waals surface area contributed by atoms with Crippen LogP contribution in [0.15, 0.2) is 48.5 Å². The Balaban J connectivity index is 1.80. The van der Waals surface area contributed by atoms with Crippen LogP contribution in [0.1, 0.15) is 24.4 Å². The maximum Gasteiger partial charge on any atom is 0.232 e. The zero-order valence-corrected chi connectivity index (χ0v) is 15.8. The second-order valence-corrected chi connectivity index (χ2v) is 6.56. The predicted octanol–water partition coefficient (Wildman–Crippen LogP) is 4.18. The Labute approximate surface area is 162 Å². The highest BCUT2D eigenvalue weighted by Crippen LogP contribution is 2.25. The van der Waals surface area contributed by atoms with E-state index in [0.29, 0.717) is 28.9 Å². The van der Waals surface area contributed by atoms with Crippen LogP contribution in [-0.4, -0.2) is 26.9 Å². The van der Waals surface area contributed by atoms with E-state index in [1.54, 1.807) is 12.1 Å². The molecule has 0 bridgehead atoms. The van der Waals surface area contributed by atoms with Crippen LogP contribution < -0.4 is 11.1 Å². The van der Waals surface area contributed by atoms with Crippen molar-refractivity contribution in [2.24, 2.45) is 0 Å². The third-order valence-electron chi connectivity index (χ3n) is 4.20. The summed E-state index contributed by atoms with van der Waals surface area (Å²) in [4.78, 5) is 14.7. The molecule has 0 spiro atoms. The molecule has 2 aromatic carbocycles. The standard InChI is InChI=1S/C19H20ClFN6/c1-12(27(2)11-14-15(20)9-6-10-16(14)21)17-24-18(22)26-19(25-17)23-13-7-4-3-5-8-13/h3-10,12H,11H2,1-2H3,(H3,22,23,24,25,26). The number of para-hydroxylation sites is 1. The van der Waals surface area contributed by atoms with Crippen molar-refractivity contribution in [3.63, 3.8) is 0 Å². The number of rotatable bonds is 6. The molecule has 27 heavy (non-hydrogen) atoms. The van der Waals surface area contributed by atoms with Gasteiger partial charge in [-0.25, -0.2) is 4.39 Å². The largest absolute Gasteiger partial charge is 0.368 e. The SMILES string of the molecule is CC(c1nc(N)nc(Nc2ccccc2)n1)N(C)Cc1c(F)cccc1Cl. The van der Waals surface area contributed by atoms with E-state index in [1.165, 1.54) is 6.07 Å². The van der Waals surface area contributed by atoms with E-state index in [9.17, 15) is 4.39 Å². The minimum atomic E-state index is -0.344. The predicted molar refractivity (Wildman–Crippen MR) is 105 cm³/mol. The molecule has 0 saturated carbocycles. The molecule has 3 rings (SSSR count). The fraction of sp³-hybridized carbons (Fsp3) is 0.211. The average Bonchev–Trinajstić information content (AvgIpc) is 2.64. The van der Waals surface area contributed by atoms with Gasteiger partial charge in [-0.15, -0.1) is 0 Å². The van der Waals surface area contributed by atoms with Gasteiger partial charge in [-0.05, 0) is 38.2 Å². The van der Waals surface area contributed by atoms with Gasteiger partial charge in [0.25, 0.3) is 0 Å². The zero-order chi connectivity index (χ0) is 19.4. The summed E-state index contributed by atoms with van der Waals surface area (Å²) in [5.41, 5.74) is 7.12. The fourth-order valence-corrected chi connectivity index (χ4v) is 2.79. The van der Waals surface area contributed by atoms with Crippen molar-refractivity contribution >= 4 is 29.2 Å². The lowest BCUT2D eigenvalue weighted by Gasteiger charge is -2.24. The van der Waals surface area contributed by atoms with Crippen molar-refractivity contribution in [1.29, 1.82) is 0 Å². The van der Waals surface area contributed by atoms with Crippen LogP contribution >= 0.6 is 11.6 Å². The van der Waals surface area contributed by atoms with Crippen molar-refractivity contribution in [3.05, 3.63) is 70.8 Å². The summed E-state index contributed by atoms with van der Waals surface area (Å²) in [6.07, 6.45) is 0. The fourth-order valence-electron chi connectivity index (χ4n) is 2.57. The second kappa shape index (κ2) is 8.28. The third kappa shape index (κ3) is 4.69. The summed E-state index contributed by atoms with van der Waals surface area (Å²) in [5, 5.41) is 3.49. The van der Waals surface area contributed by atoms with E-state index in [-0.39, 0.29) is 17.8 Å². The van der Waals surface area contributed by atoms with Crippen LogP contribution in [0, 0.1) is 5.82 Å². The maximum atomic E-state index is 14.1. The number of nitrogens with two attached hydrogens (primary N) is 1. The molecule has 1 aromatic heterocycles. The average molecular weight is 387 g/mol. The van der Waals surface area contributed by atoms with Gasteiger partial charge in [-0.1, -0.05) is 35.9 Å². The normalized spacial score (nSPS) is 12.2. The molecule has 8 heteroatoms. The van der Waals surface area contributed by atoms with Gasteiger partial charge in [0.1, 0.15) is 5.82 Å². The van der Waals surface area contributed by atoms with Crippen LogP contribution in [0.5, 0.6) is 0 Å². The Morgan fingerprint density at radius 1 is 1.11 bits per heavy atom. The van der Waals surface area contributed by atoms with E-state index in [4.69, 9.17) is 17.3 Å². The molecule has 140 valence electrons. The molecule has 0 fully saturated rings. The Bertz CT molecular complexity index is 901. The number of nitrogen functional groups attached to an aromatic ring is 1. The van der Waals surface area contributed by atoms with Gasteiger partial charge in [0.2, 0.25) is 11.9 Å². The second-order valence-electron chi connectivity index (χ2n) is 6.16. The number of nitrogens with zero attached hydrogens (tertiary/aromatic N) is 4. The lowest BCUT2D eigenvalue weighted by Crippen LogP contribution is -2.25. The Morgan fingerprint density at radius 2 is 1.85 bits per heavy atom. The van der Waals surface area contributed by atoms with Crippen molar-refractivity contribution < 1.29 is 4.39 Å². The first kappa shape index (κ1) is 19.0. The highest BCUT2D eigenvalue weighted by atomic mass is 35.5. The molecule has 0 aliphatic carbocycles. The van der Waals surface area contributed by atoms with Crippen LogP contribution in [0.3, 0.4) is 0 Å². The minimum absolute atomic E-state index is 0.114. The molecular formula is C19H20ClFN6. The summed E-state index contributed by atoms with van der Waals surface area (Å²) in [5.74, 6) is 0.606. The molecule has 1 heterocycles. The molecule has 1 unspecified atom stereocenters. The third-order valence-corrected chi connectivity index (χ3v) is 4.56. The highest BCUT2D eigenvalue weighted by molar-refractivity contribution is 6.31. The molecule has 1 atom stereocenters. The van der Waals surface area contributed by atoms with Crippen LogP contribution in [-0.2, 0) is 6.54 Å². The first-order chi connectivity index (χ1) is 12.9. The Hall–Kier alpha value is -2.77. The van der Waals surface area contributed by atoms with Crippen molar-refractivity contribution in [1.82, 2.24) is 19.9 Å². The number of anilines is 3. The van der Waals surface area contributed by atoms with Crippen molar-refractivity contribution in [3.8, 4) is 0 Å². The van der Waals surface area contributed by atoms with E-state index in [2.05, 4.69) is 20.3 Å². The summed E-state index contributed by atoms with van der Waals surface area (Å²) in [6, 6.07) is 13.9. The molecule has 3 aromatic rings. The molecule has 0 radical (unpaired) electrons. The van der Waals surface area contributed by atoms with E-state index in [0.717, 1.165) is 5.69 Å². The van der Waals surface area contributed by atoms with Gasteiger partial charge in [0.15, 0.2) is 5.82 Å². The van der Waals surface area contributed by atoms with E-state index >= 15 is 0 Å². The quantitative estimate of drug-likeness (QED) is 0.661. The number of benzene rings is 2. The first-order valence-corrected chi connectivity index (χ1v) is 8.78. The smallest absolute Gasteiger partial charge is 0.232 e. The summed E-state index contributed by atoms with van der Waals surface area (Å²) in [6.45, 7) is 2.22. The van der Waals surface area contributed by atoms with E-state index < -0.39 is 0 Å². The summed E-state index contributed by atoms with van der Waals surface area (Å²) >= 11 is 6.13. The Kier molecular flexibility index (Phi) is 5.83. The van der Waals surface area contributed by atoms with Gasteiger partial charge in [0, 0.05) is 22.8 Å². The number of halogens is 2. The number of hydrogen-bond acceptors (Lipinski definition) is 6. The molecule has 0 aliphatic heterocycles. The molecule has 3 N–H and O–H groups in total. The monoisotopic (exact) mass is 386 g/mol. The summed E-state index contributed by atoms with van der Waals surface area (Å²) in [7, 11) is 1.84. The van der Waals surface area contributed by atoms with E-state index in [1.807, 2.05) is 49.2 Å². The molecule has 0 amide bonds. The molecule has 0 aliphatic rings. The van der Waals surface area contributed by atoms with Crippen LogP contribution in [0.4, 0.5) is 22.0 Å². The van der Waals surface area contributed by atoms with Crippen molar-refractivity contribution in [2.75, 3.05) is 18.1 Å². The molecule has 6 nitrogen and oxygen atoms in total. The van der Waals surface area contributed by atoms with Crippen LogP contribution in [0.2, 0.25) is 5.02 Å². The lowest BCUT2D eigenvalue weighted by molar-refractivity contribution is 0.240. The lowest BCUT2D eigenvalue weighted by atomic mass is 10.1. The van der Waals surface area contributed by atoms with Gasteiger partial charge >= 0.3 is 0 Å². The topological polar surface area (TPSA) is 80.0 Å². The van der Waals surface area contributed by atoms with Crippen LogP contribution in [0.25, 0.3) is 0 Å². The molecule has 0 saturated heterocycles. The summed E-state index contributed by atoms with van der Waals surface area (Å²) < 4.78 is 14.1. The van der Waals surface area contributed by atoms with Gasteiger partial charge in [-0.3, -0.25) is 4.90 Å².